The lowest BCUT2D eigenvalue weighted by molar-refractivity contribution is 1.08. The fourth-order valence-electron chi connectivity index (χ4n) is 9.59. The van der Waals surface area contributed by atoms with Gasteiger partial charge in [-0.1, -0.05) is 127 Å². The predicted molar refractivity (Wildman–Crippen MR) is 240 cm³/mol. The van der Waals surface area contributed by atoms with Crippen LogP contribution in [0.15, 0.2) is 188 Å². The van der Waals surface area contributed by atoms with Crippen LogP contribution in [0, 0.1) is 0 Å². The van der Waals surface area contributed by atoms with Gasteiger partial charge in [0.2, 0.25) is 0 Å². The van der Waals surface area contributed by atoms with Gasteiger partial charge in [0, 0.05) is 44.3 Å². The maximum absolute atomic E-state index is 5.23. The molecule has 0 bridgehead atoms. The number of aromatic nitrogens is 5. The van der Waals surface area contributed by atoms with E-state index in [0.717, 1.165) is 61.5 Å². The molecular formula is C53H31N5. The van der Waals surface area contributed by atoms with Gasteiger partial charge < -0.3 is 4.40 Å². The molecule has 0 unspecified atom stereocenters. The van der Waals surface area contributed by atoms with E-state index in [2.05, 4.69) is 161 Å². The first-order valence-corrected chi connectivity index (χ1v) is 19.7. The van der Waals surface area contributed by atoms with E-state index in [-0.39, 0.29) is 0 Å². The lowest BCUT2D eigenvalue weighted by atomic mass is 9.99. The summed E-state index contributed by atoms with van der Waals surface area (Å²) in [6, 6.07) is 64.9. The van der Waals surface area contributed by atoms with E-state index < -0.39 is 0 Å². The Balaban J connectivity index is 1.04. The molecule has 5 heterocycles. The summed E-state index contributed by atoms with van der Waals surface area (Å²) in [5.74, 6) is 0.849. The van der Waals surface area contributed by atoms with E-state index in [9.17, 15) is 0 Å². The number of para-hydroxylation sites is 3. The number of hydrogen-bond acceptors (Lipinski definition) is 3. The average molecular weight is 738 g/mol. The molecule has 13 rings (SSSR count). The molecular weight excluding hydrogens is 707 g/mol. The Kier molecular flexibility index (Phi) is 6.38. The van der Waals surface area contributed by atoms with Crippen molar-refractivity contribution in [2.75, 3.05) is 0 Å². The maximum atomic E-state index is 5.23. The van der Waals surface area contributed by atoms with Gasteiger partial charge in [0.25, 0.3) is 0 Å². The van der Waals surface area contributed by atoms with Gasteiger partial charge in [0.15, 0.2) is 0 Å². The van der Waals surface area contributed by atoms with Gasteiger partial charge in [-0.3, -0.25) is 4.57 Å². The van der Waals surface area contributed by atoms with Crippen molar-refractivity contribution in [3.63, 3.8) is 0 Å². The summed E-state index contributed by atoms with van der Waals surface area (Å²) in [5, 5.41) is 10.0. The Morgan fingerprint density at radius 1 is 0.362 bits per heavy atom. The standard InChI is InChI=1S/C53H31N5/c1-2-12-32(13-3-1)34-15-8-16-35(30-34)51-52(56-42-22-7-6-21-41(42)55-51)36-27-29-47(54-31-36)57-43-23-10-18-38-39-19-9-20-40-48-37-17-5-4-14-33(37)26-28-46(48)58(53(39)40)45-25-11-24-44(57)50(45)49(38)43/h1-31H. The highest BCUT2D eigenvalue weighted by Gasteiger charge is 2.23. The van der Waals surface area contributed by atoms with Crippen LogP contribution in [0.1, 0.15) is 0 Å². The highest BCUT2D eigenvalue weighted by molar-refractivity contribution is 6.33. The van der Waals surface area contributed by atoms with Gasteiger partial charge in [0.05, 0.1) is 50.0 Å². The zero-order valence-corrected chi connectivity index (χ0v) is 31.1. The fraction of sp³-hybridized carbons (Fsp3) is 0. The molecule has 0 spiro atoms. The van der Waals surface area contributed by atoms with Crippen LogP contribution in [-0.2, 0) is 0 Å². The first kappa shape index (κ1) is 31.3. The number of pyridine rings is 1. The molecule has 268 valence electrons. The number of nitrogens with zero attached hydrogens (tertiary/aromatic N) is 5. The minimum atomic E-state index is 0.803. The SMILES string of the molecule is c1ccc(-c2cccc(-c3nc4ccccc4nc3-c3ccc(-n4c5cccc6c7cccc8c9c%10ccccc%10ccc9n(c9cccc4c9c65)c78)nc3)c2)cc1. The molecule has 0 saturated heterocycles. The number of rotatable bonds is 4. The Morgan fingerprint density at radius 3 is 1.83 bits per heavy atom. The smallest absolute Gasteiger partial charge is 0.137 e. The van der Waals surface area contributed by atoms with Gasteiger partial charge >= 0.3 is 0 Å². The third kappa shape index (κ3) is 4.33. The summed E-state index contributed by atoms with van der Waals surface area (Å²) in [7, 11) is 0. The lowest BCUT2D eigenvalue weighted by Crippen LogP contribution is -1.99. The van der Waals surface area contributed by atoms with E-state index in [1.54, 1.807) is 0 Å². The van der Waals surface area contributed by atoms with Crippen LogP contribution in [0.3, 0.4) is 0 Å². The monoisotopic (exact) mass is 737 g/mol. The summed E-state index contributed by atoms with van der Waals surface area (Å²) in [6.07, 6.45) is 1.96. The molecule has 13 aromatic rings. The molecule has 0 aliphatic rings. The Labute approximate surface area is 332 Å². The minimum Gasteiger partial charge on any atom is -0.308 e. The number of fused-ring (bicyclic) bond motifs is 8. The summed E-state index contributed by atoms with van der Waals surface area (Å²) >= 11 is 0. The van der Waals surface area contributed by atoms with Crippen LogP contribution in [-0.4, -0.2) is 23.9 Å². The second-order valence-electron chi connectivity index (χ2n) is 15.2. The van der Waals surface area contributed by atoms with Crippen molar-refractivity contribution in [3.05, 3.63) is 188 Å². The Hall–Kier alpha value is -7.89. The van der Waals surface area contributed by atoms with Crippen molar-refractivity contribution in [1.82, 2.24) is 23.9 Å². The van der Waals surface area contributed by atoms with E-state index in [1.807, 2.05) is 36.5 Å². The van der Waals surface area contributed by atoms with Crippen LogP contribution in [0.5, 0.6) is 0 Å². The van der Waals surface area contributed by atoms with Gasteiger partial charge in [0.1, 0.15) is 5.82 Å². The maximum Gasteiger partial charge on any atom is 0.137 e. The molecule has 0 amide bonds. The zero-order chi connectivity index (χ0) is 37.9. The molecule has 8 aromatic carbocycles. The molecule has 58 heavy (non-hydrogen) atoms. The molecule has 0 atom stereocenters. The van der Waals surface area contributed by atoms with E-state index in [4.69, 9.17) is 15.0 Å². The average Bonchev–Trinajstić information content (AvgIpc) is 3.78. The van der Waals surface area contributed by atoms with Crippen molar-refractivity contribution in [2.45, 2.75) is 0 Å². The van der Waals surface area contributed by atoms with Crippen LogP contribution >= 0.6 is 0 Å². The van der Waals surface area contributed by atoms with Crippen LogP contribution < -0.4 is 0 Å². The summed E-state index contributed by atoms with van der Waals surface area (Å²) < 4.78 is 4.83. The number of hydrogen-bond donors (Lipinski definition) is 0. The van der Waals surface area contributed by atoms with Crippen LogP contribution in [0.4, 0.5) is 0 Å². The minimum absolute atomic E-state index is 0.803. The molecule has 0 N–H and O–H groups in total. The summed E-state index contributed by atoms with van der Waals surface area (Å²) in [5.41, 5.74) is 13.4. The van der Waals surface area contributed by atoms with Gasteiger partial charge in [-0.15, -0.1) is 0 Å². The van der Waals surface area contributed by atoms with Crippen LogP contribution in [0.2, 0.25) is 0 Å². The second kappa shape index (κ2) is 11.8. The normalized spacial score (nSPS) is 12.1. The van der Waals surface area contributed by atoms with E-state index in [1.165, 1.54) is 59.6 Å². The van der Waals surface area contributed by atoms with Crippen molar-refractivity contribution in [3.8, 4) is 39.5 Å². The highest BCUT2D eigenvalue weighted by Crippen LogP contribution is 2.45. The third-order valence-corrected chi connectivity index (χ3v) is 12.1. The quantitative estimate of drug-likeness (QED) is 0.181. The van der Waals surface area contributed by atoms with Crippen molar-refractivity contribution in [1.29, 1.82) is 0 Å². The van der Waals surface area contributed by atoms with E-state index >= 15 is 0 Å². The first-order valence-electron chi connectivity index (χ1n) is 19.7. The number of benzene rings is 8. The molecule has 5 aromatic heterocycles. The molecule has 0 aliphatic heterocycles. The topological polar surface area (TPSA) is 48.0 Å². The third-order valence-electron chi connectivity index (χ3n) is 12.1. The lowest BCUT2D eigenvalue weighted by Gasteiger charge is -2.13. The zero-order valence-electron chi connectivity index (χ0n) is 31.1. The first-order chi connectivity index (χ1) is 28.8. The summed E-state index contributed by atoms with van der Waals surface area (Å²) in [4.78, 5) is 15.7. The predicted octanol–water partition coefficient (Wildman–Crippen LogP) is 13.4. The molecule has 0 fully saturated rings. The molecule has 0 saturated carbocycles. The van der Waals surface area contributed by atoms with Gasteiger partial charge in [-0.25, -0.2) is 15.0 Å². The molecule has 0 aliphatic carbocycles. The van der Waals surface area contributed by atoms with Crippen LogP contribution in [0.25, 0.3) is 121 Å². The van der Waals surface area contributed by atoms with Crippen molar-refractivity contribution >= 4 is 81.7 Å². The fourth-order valence-corrected chi connectivity index (χ4v) is 9.59. The molecule has 0 radical (unpaired) electrons. The van der Waals surface area contributed by atoms with Crippen molar-refractivity contribution < 1.29 is 0 Å². The van der Waals surface area contributed by atoms with Crippen molar-refractivity contribution in [2.24, 2.45) is 0 Å². The molecule has 5 heteroatoms. The van der Waals surface area contributed by atoms with Gasteiger partial charge in [-0.2, -0.15) is 0 Å². The highest BCUT2D eigenvalue weighted by atomic mass is 15.1. The molecule has 5 nitrogen and oxygen atoms in total. The summed E-state index contributed by atoms with van der Waals surface area (Å²) in [6.45, 7) is 0. The van der Waals surface area contributed by atoms with E-state index in [0.29, 0.717) is 0 Å². The largest absolute Gasteiger partial charge is 0.308 e. The van der Waals surface area contributed by atoms with Gasteiger partial charge in [-0.05, 0) is 81.9 Å². The Morgan fingerprint density at radius 2 is 0.983 bits per heavy atom. The Bertz CT molecular complexity index is 3780. The second-order valence-corrected chi connectivity index (χ2v) is 15.2.